The molecular formula is C8H14IN. The van der Waals surface area contributed by atoms with Crippen molar-refractivity contribution in [1.82, 2.24) is 5.32 Å². The zero-order chi connectivity index (χ0) is 7.19. The Kier molecular flexibility index (Phi) is 1.72. The van der Waals surface area contributed by atoms with Crippen molar-refractivity contribution in [3.63, 3.8) is 0 Å². The molecule has 1 saturated heterocycles. The van der Waals surface area contributed by atoms with Crippen LogP contribution < -0.4 is 5.32 Å². The summed E-state index contributed by atoms with van der Waals surface area (Å²) >= 11 is 2.63. The van der Waals surface area contributed by atoms with E-state index < -0.39 is 0 Å². The second kappa shape index (κ2) is 2.34. The Hall–Kier alpha value is 0.690. The summed E-state index contributed by atoms with van der Waals surface area (Å²) in [5.74, 6) is 2.00. The zero-order valence-electron chi connectivity index (χ0n) is 6.36. The molecule has 0 spiro atoms. The van der Waals surface area contributed by atoms with E-state index in [9.17, 15) is 0 Å². The number of fused-ring (bicyclic) bond motifs is 1. The number of halogens is 1. The lowest BCUT2D eigenvalue weighted by atomic mass is 10.0. The van der Waals surface area contributed by atoms with Gasteiger partial charge in [0.15, 0.2) is 0 Å². The first-order valence-corrected chi connectivity index (χ1v) is 5.15. The molecule has 1 aliphatic heterocycles. The van der Waals surface area contributed by atoms with Crippen molar-refractivity contribution in [2.24, 2.45) is 11.8 Å². The van der Waals surface area contributed by atoms with Crippen molar-refractivity contribution in [1.29, 1.82) is 0 Å². The zero-order valence-corrected chi connectivity index (χ0v) is 8.52. The Bertz CT molecular complexity index is 130. The van der Waals surface area contributed by atoms with Crippen LogP contribution in [0.1, 0.15) is 19.8 Å². The van der Waals surface area contributed by atoms with Crippen molar-refractivity contribution in [2.75, 3.05) is 13.1 Å². The summed E-state index contributed by atoms with van der Waals surface area (Å²) in [6, 6.07) is 0. The third kappa shape index (κ3) is 1.20. The van der Waals surface area contributed by atoms with Gasteiger partial charge < -0.3 is 5.32 Å². The molecule has 2 heteroatoms. The van der Waals surface area contributed by atoms with Crippen LogP contribution in [0.25, 0.3) is 0 Å². The van der Waals surface area contributed by atoms with E-state index in [0.717, 1.165) is 11.8 Å². The second-order valence-electron chi connectivity index (χ2n) is 4.00. The van der Waals surface area contributed by atoms with Crippen LogP contribution in [0.4, 0.5) is 0 Å². The molecule has 2 unspecified atom stereocenters. The van der Waals surface area contributed by atoms with Gasteiger partial charge in [-0.3, -0.25) is 0 Å². The van der Waals surface area contributed by atoms with Crippen LogP contribution in [0.5, 0.6) is 0 Å². The summed E-state index contributed by atoms with van der Waals surface area (Å²) in [7, 11) is 0. The number of nitrogens with one attached hydrogen (secondary N) is 1. The van der Waals surface area contributed by atoms with Gasteiger partial charge in [0.2, 0.25) is 0 Å². The molecule has 1 N–H and O–H groups in total. The average Bonchev–Trinajstić information content (AvgIpc) is 2.20. The minimum absolute atomic E-state index is 0.620. The number of rotatable bonds is 0. The van der Waals surface area contributed by atoms with Gasteiger partial charge in [0.05, 0.1) is 0 Å². The fourth-order valence-corrected chi connectivity index (χ4v) is 3.57. The number of hydrogen-bond donors (Lipinski definition) is 1. The molecule has 0 aromatic carbocycles. The lowest BCUT2D eigenvalue weighted by Crippen LogP contribution is -2.17. The molecule has 2 aliphatic rings. The summed E-state index contributed by atoms with van der Waals surface area (Å²) in [5.41, 5.74) is 0. The molecule has 1 aliphatic carbocycles. The molecule has 0 amide bonds. The van der Waals surface area contributed by atoms with Crippen LogP contribution in [0.15, 0.2) is 0 Å². The van der Waals surface area contributed by atoms with Gasteiger partial charge in [-0.05, 0) is 37.8 Å². The largest absolute Gasteiger partial charge is 0.316 e. The first kappa shape index (κ1) is 7.35. The maximum absolute atomic E-state index is 3.46. The molecule has 0 radical (unpaired) electrons. The Morgan fingerprint density at radius 1 is 1.30 bits per heavy atom. The molecule has 2 rings (SSSR count). The molecule has 1 nitrogen and oxygen atoms in total. The Balaban J connectivity index is 2.07. The summed E-state index contributed by atoms with van der Waals surface area (Å²) in [6.07, 6.45) is 2.87. The van der Waals surface area contributed by atoms with Crippen LogP contribution in [0.2, 0.25) is 0 Å². The SMILES string of the molecule is CC1(I)CC2CNCC2C1. The first-order chi connectivity index (χ1) is 4.67. The third-order valence-corrected chi connectivity index (χ3v) is 3.74. The summed E-state index contributed by atoms with van der Waals surface area (Å²) in [4.78, 5) is 0. The van der Waals surface area contributed by atoms with Crippen molar-refractivity contribution in [3.05, 3.63) is 0 Å². The highest BCUT2D eigenvalue weighted by Crippen LogP contribution is 2.46. The van der Waals surface area contributed by atoms with Crippen LogP contribution in [-0.4, -0.2) is 16.5 Å². The summed E-state index contributed by atoms with van der Waals surface area (Å²) in [5, 5.41) is 3.46. The van der Waals surface area contributed by atoms with Crippen molar-refractivity contribution in [3.8, 4) is 0 Å². The van der Waals surface area contributed by atoms with E-state index in [1.807, 2.05) is 0 Å². The second-order valence-corrected chi connectivity index (χ2v) is 6.60. The summed E-state index contributed by atoms with van der Waals surface area (Å²) < 4.78 is 0.620. The smallest absolute Gasteiger partial charge is 0.0200 e. The van der Waals surface area contributed by atoms with Gasteiger partial charge in [-0.15, -0.1) is 0 Å². The molecule has 0 aromatic heterocycles. The van der Waals surface area contributed by atoms with Gasteiger partial charge in [-0.2, -0.15) is 0 Å². The van der Waals surface area contributed by atoms with E-state index in [1.165, 1.54) is 25.9 Å². The van der Waals surface area contributed by atoms with Gasteiger partial charge in [0, 0.05) is 3.42 Å². The predicted octanol–water partition coefficient (Wildman–Crippen LogP) is 1.81. The lowest BCUT2D eigenvalue weighted by molar-refractivity contribution is 0.494. The van der Waals surface area contributed by atoms with Crippen molar-refractivity contribution >= 4 is 22.6 Å². The van der Waals surface area contributed by atoms with Gasteiger partial charge in [-0.1, -0.05) is 29.5 Å². The molecule has 10 heavy (non-hydrogen) atoms. The highest BCUT2D eigenvalue weighted by Gasteiger charge is 2.42. The summed E-state index contributed by atoms with van der Waals surface area (Å²) in [6.45, 7) is 4.96. The fourth-order valence-electron chi connectivity index (χ4n) is 2.44. The predicted molar refractivity (Wildman–Crippen MR) is 51.5 cm³/mol. The van der Waals surface area contributed by atoms with Crippen LogP contribution in [-0.2, 0) is 0 Å². The fraction of sp³-hybridized carbons (Fsp3) is 1.00. The van der Waals surface area contributed by atoms with Crippen LogP contribution in [0.3, 0.4) is 0 Å². The van der Waals surface area contributed by atoms with E-state index in [-0.39, 0.29) is 0 Å². The minimum Gasteiger partial charge on any atom is -0.316 e. The molecule has 58 valence electrons. The minimum atomic E-state index is 0.620. The first-order valence-electron chi connectivity index (χ1n) is 4.07. The molecule has 1 saturated carbocycles. The van der Waals surface area contributed by atoms with Crippen molar-refractivity contribution < 1.29 is 0 Å². The van der Waals surface area contributed by atoms with Gasteiger partial charge >= 0.3 is 0 Å². The molecule has 0 bridgehead atoms. The Morgan fingerprint density at radius 2 is 1.80 bits per heavy atom. The topological polar surface area (TPSA) is 12.0 Å². The quantitative estimate of drug-likeness (QED) is 0.511. The van der Waals surface area contributed by atoms with E-state index in [1.54, 1.807) is 0 Å². The van der Waals surface area contributed by atoms with E-state index in [0.29, 0.717) is 3.42 Å². The Labute approximate surface area is 76.1 Å². The van der Waals surface area contributed by atoms with E-state index >= 15 is 0 Å². The van der Waals surface area contributed by atoms with Gasteiger partial charge in [0.25, 0.3) is 0 Å². The highest BCUT2D eigenvalue weighted by atomic mass is 127. The van der Waals surface area contributed by atoms with Gasteiger partial charge in [-0.25, -0.2) is 0 Å². The Morgan fingerprint density at radius 3 is 2.30 bits per heavy atom. The normalized spacial score (nSPS) is 53.4. The molecule has 1 heterocycles. The molecule has 2 fully saturated rings. The van der Waals surface area contributed by atoms with E-state index in [2.05, 4.69) is 34.8 Å². The van der Waals surface area contributed by atoms with Crippen molar-refractivity contribution in [2.45, 2.75) is 23.2 Å². The number of alkyl halides is 1. The van der Waals surface area contributed by atoms with E-state index in [4.69, 9.17) is 0 Å². The monoisotopic (exact) mass is 251 g/mol. The molecule has 0 aromatic rings. The lowest BCUT2D eigenvalue weighted by Gasteiger charge is -2.15. The maximum atomic E-state index is 3.46. The standard InChI is InChI=1S/C8H14IN/c1-8(9)2-6-4-10-5-7(6)3-8/h6-7,10H,2-5H2,1H3. The maximum Gasteiger partial charge on any atom is 0.0200 e. The van der Waals surface area contributed by atoms with Crippen LogP contribution >= 0.6 is 22.6 Å². The third-order valence-electron chi connectivity index (χ3n) is 2.86. The molecule has 2 atom stereocenters. The van der Waals surface area contributed by atoms with Gasteiger partial charge in [0.1, 0.15) is 0 Å². The average molecular weight is 251 g/mol. The van der Waals surface area contributed by atoms with Crippen LogP contribution in [0, 0.1) is 11.8 Å². The number of hydrogen-bond acceptors (Lipinski definition) is 1. The highest BCUT2D eigenvalue weighted by molar-refractivity contribution is 14.1. The molecular weight excluding hydrogens is 237 g/mol.